The third-order valence-corrected chi connectivity index (χ3v) is 1.62. The van der Waals surface area contributed by atoms with Crippen molar-refractivity contribution in [3.8, 4) is 0 Å². The molecule has 0 unspecified atom stereocenters. The van der Waals surface area contributed by atoms with Gasteiger partial charge in [-0.05, 0) is 6.92 Å². The number of cyclic esters (lactones) is 1. The van der Waals surface area contributed by atoms with E-state index in [-0.39, 0.29) is 11.9 Å². The Bertz CT molecular complexity index is 191. The molecule has 0 bridgehead atoms. The fourth-order valence-corrected chi connectivity index (χ4v) is 1.02. The minimum Gasteiger partial charge on any atom is -0.461 e. The van der Waals surface area contributed by atoms with Gasteiger partial charge in [0.1, 0.15) is 6.61 Å². The van der Waals surface area contributed by atoms with E-state index >= 15 is 0 Å². The highest BCUT2D eigenvalue weighted by Crippen LogP contribution is 2.21. The van der Waals surface area contributed by atoms with Crippen LogP contribution in [0.4, 0.5) is 0 Å². The molecule has 1 rings (SSSR count). The van der Waals surface area contributed by atoms with E-state index in [9.17, 15) is 4.79 Å². The molecule has 0 radical (unpaired) electrons. The van der Waals surface area contributed by atoms with Crippen LogP contribution in [0.1, 0.15) is 6.92 Å². The second-order valence-corrected chi connectivity index (χ2v) is 2.18. The molecule has 0 spiro atoms. The van der Waals surface area contributed by atoms with Crippen molar-refractivity contribution in [1.29, 1.82) is 0 Å². The van der Waals surface area contributed by atoms with Gasteiger partial charge in [0.2, 0.25) is 0 Å². The second kappa shape index (κ2) is 2.69. The largest absolute Gasteiger partial charge is 0.461 e. The first kappa shape index (κ1) is 7.06. The zero-order valence-electron chi connectivity index (χ0n) is 5.96. The maximum Gasteiger partial charge on any atom is 0.334 e. The van der Waals surface area contributed by atoms with E-state index < -0.39 is 0 Å². The molecule has 2 heteroatoms. The molecule has 2 nitrogen and oxygen atoms in total. The summed E-state index contributed by atoms with van der Waals surface area (Å²) in [6.45, 7) is 5.89. The zero-order chi connectivity index (χ0) is 7.56. The summed E-state index contributed by atoms with van der Waals surface area (Å²) in [6, 6.07) is 0. The number of carbonyl (C=O) groups is 1. The lowest BCUT2D eigenvalue weighted by Crippen LogP contribution is -1.98. The summed E-state index contributed by atoms with van der Waals surface area (Å²) >= 11 is 0. The summed E-state index contributed by atoms with van der Waals surface area (Å²) in [5.74, 6) is -0.0927. The molecular weight excluding hydrogens is 128 g/mol. The number of allylic oxidation sites excluding steroid dienone is 1. The van der Waals surface area contributed by atoms with Crippen LogP contribution in [0.25, 0.3) is 0 Å². The van der Waals surface area contributed by atoms with Crippen LogP contribution >= 0.6 is 0 Å². The summed E-state index contributed by atoms with van der Waals surface area (Å²) in [5.41, 5.74) is 0.731. The fraction of sp³-hybridized carbons (Fsp3) is 0.375. The van der Waals surface area contributed by atoms with Gasteiger partial charge in [-0.3, -0.25) is 0 Å². The Morgan fingerprint density at radius 2 is 2.50 bits per heavy atom. The Labute approximate surface area is 60.2 Å². The van der Waals surface area contributed by atoms with Crippen molar-refractivity contribution < 1.29 is 9.53 Å². The number of ether oxygens (including phenoxy) is 1. The van der Waals surface area contributed by atoms with Crippen LogP contribution in [0.3, 0.4) is 0 Å². The molecule has 1 saturated heterocycles. The molecule has 1 aliphatic heterocycles. The molecule has 0 aromatic carbocycles. The first-order valence-electron chi connectivity index (χ1n) is 3.25. The molecule has 0 saturated carbocycles. The van der Waals surface area contributed by atoms with Crippen molar-refractivity contribution in [2.45, 2.75) is 6.92 Å². The summed E-state index contributed by atoms with van der Waals surface area (Å²) in [7, 11) is 0. The quantitative estimate of drug-likeness (QED) is 0.310. The molecule has 0 aromatic rings. The number of carbonyl (C=O) groups excluding carboxylic acids is 1. The van der Waals surface area contributed by atoms with Gasteiger partial charge in [0.05, 0.1) is 0 Å². The number of esters is 1. The van der Waals surface area contributed by atoms with E-state index in [1.165, 1.54) is 0 Å². The molecule has 0 aliphatic carbocycles. The standard InChI is InChI=1S/C8H10O2/c1-3-6-5-10-8(9)7(6)4-2/h3-4,6H,1,5H2,2H3/b7-4-/t6-/m0/s1. The smallest absolute Gasteiger partial charge is 0.334 e. The molecule has 1 atom stereocenters. The normalized spacial score (nSPS) is 28.7. The van der Waals surface area contributed by atoms with E-state index in [2.05, 4.69) is 6.58 Å². The highest BCUT2D eigenvalue weighted by Gasteiger charge is 2.26. The first-order valence-corrected chi connectivity index (χ1v) is 3.25. The Hall–Kier alpha value is -1.05. The lowest BCUT2D eigenvalue weighted by atomic mass is 10.0. The molecule has 10 heavy (non-hydrogen) atoms. The Balaban J connectivity index is 2.82. The third-order valence-electron chi connectivity index (χ3n) is 1.62. The van der Waals surface area contributed by atoms with E-state index in [4.69, 9.17) is 4.74 Å². The lowest BCUT2D eigenvalue weighted by Gasteiger charge is -1.96. The van der Waals surface area contributed by atoms with Gasteiger partial charge >= 0.3 is 5.97 Å². The van der Waals surface area contributed by atoms with Gasteiger partial charge in [0, 0.05) is 11.5 Å². The lowest BCUT2D eigenvalue weighted by molar-refractivity contribution is -0.135. The Kier molecular flexibility index (Phi) is 1.90. The van der Waals surface area contributed by atoms with Crippen molar-refractivity contribution in [2.24, 2.45) is 5.92 Å². The fourth-order valence-electron chi connectivity index (χ4n) is 1.02. The molecule has 0 aromatic heterocycles. The number of hydrogen-bond acceptors (Lipinski definition) is 2. The summed E-state index contributed by atoms with van der Waals surface area (Å²) in [4.78, 5) is 10.8. The average Bonchev–Trinajstić information content (AvgIpc) is 2.30. The Morgan fingerprint density at radius 1 is 1.80 bits per heavy atom. The van der Waals surface area contributed by atoms with Gasteiger partial charge in [0.15, 0.2) is 0 Å². The second-order valence-electron chi connectivity index (χ2n) is 2.18. The maximum atomic E-state index is 10.8. The minimum absolute atomic E-state index is 0.109. The van der Waals surface area contributed by atoms with E-state index in [0.29, 0.717) is 6.61 Å². The molecule has 1 fully saturated rings. The van der Waals surface area contributed by atoms with Gasteiger partial charge in [-0.25, -0.2) is 4.79 Å². The molecular formula is C8H10O2. The van der Waals surface area contributed by atoms with Gasteiger partial charge in [-0.2, -0.15) is 0 Å². The van der Waals surface area contributed by atoms with Crippen molar-refractivity contribution in [3.63, 3.8) is 0 Å². The molecule has 0 N–H and O–H groups in total. The van der Waals surface area contributed by atoms with Crippen LogP contribution in [0, 0.1) is 5.92 Å². The average molecular weight is 138 g/mol. The monoisotopic (exact) mass is 138 g/mol. The topological polar surface area (TPSA) is 26.3 Å². The van der Waals surface area contributed by atoms with Crippen LogP contribution in [0.5, 0.6) is 0 Å². The van der Waals surface area contributed by atoms with Crippen LogP contribution in [-0.2, 0) is 9.53 Å². The molecule has 1 heterocycles. The number of hydrogen-bond donors (Lipinski definition) is 0. The van der Waals surface area contributed by atoms with Crippen molar-refractivity contribution in [1.82, 2.24) is 0 Å². The van der Waals surface area contributed by atoms with Gasteiger partial charge in [-0.15, -0.1) is 6.58 Å². The zero-order valence-corrected chi connectivity index (χ0v) is 5.96. The summed E-state index contributed by atoms with van der Waals surface area (Å²) in [5, 5.41) is 0. The molecule has 1 aliphatic rings. The highest BCUT2D eigenvalue weighted by molar-refractivity contribution is 5.91. The number of rotatable bonds is 1. The minimum atomic E-state index is -0.201. The summed E-state index contributed by atoms with van der Waals surface area (Å²) < 4.78 is 4.78. The van der Waals surface area contributed by atoms with Crippen LogP contribution in [0.2, 0.25) is 0 Å². The first-order chi connectivity index (χ1) is 4.79. The van der Waals surface area contributed by atoms with Gasteiger partial charge < -0.3 is 4.74 Å². The van der Waals surface area contributed by atoms with Crippen LogP contribution in [0.15, 0.2) is 24.3 Å². The van der Waals surface area contributed by atoms with Crippen molar-refractivity contribution >= 4 is 5.97 Å². The van der Waals surface area contributed by atoms with E-state index in [1.807, 2.05) is 6.92 Å². The van der Waals surface area contributed by atoms with Crippen molar-refractivity contribution in [3.05, 3.63) is 24.3 Å². The SMILES string of the molecule is C=C[C@H]1COC(=O)/C1=C\C. The predicted octanol–water partition coefficient (Wildman–Crippen LogP) is 1.29. The van der Waals surface area contributed by atoms with Crippen LogP contribution in [-0.4, -0.2) is 12.6 Å². The third kappa shape index (κ3) is 0.967. The van der Waals surface area contributed by atoms with Gasteiger partial charge in [0.25, 0.3) is 0 Å². The predicted molar refractivity (Wildman–Crippen MR) is 38.4 cm³/mol. The van der Waals surface area contributed by atoms with Gasteiger partial charge in [-0.1, -0.05) is 12.2 Å². The molecule has 0 amide bonds. The van der Waals surface area contributed by atoms with Crippen molar-refractivity contribution in [2.75, 3.05) is 6.61 Å². The van der Waals surface area contributed by atoms with E-state index in [0.717, 1.165) is 5.57 Å². The summed E-state index contributed by atoms with van der Waals surface area (Å²) in [6.07, 6.45) is 3.52. The maximum absolute atomic E-state index is 10.8. The van der Waals surface area contributed by atoms with Crippen LogP contribution < -0.4 is 0 Å². The highest BCUT2D eigenvalue weighted by atomic mass is 16.5. The molecule has 54 valence electrons. The van der Waals surface area contributed by atoms with E-state index in [1.54, 1.807) is 12.2 Å². The Morgan fingerprint density at radius 3 is 2.90 bits per heavy atom.